The number of fused-ring (bicyclic) bond motifs is 1. The van der Waals surface area contributed by atoms with Crippen molar-refractivity contribution in [1.29, 1.82) is 0 Å². The summed E-state index contributed by atoms with van der Waals surface area (Å²) in [5.41, 5.74) is 1.17. The number of amides is 3. The summed E-state index contributed by atoms with van der Waals surface area (Å²) >= 11 is 0. The van der Waals surface area contributed by atoms with Crippen molar-refractivity contribution in [2.24, 2.45) is 11.8 Å². The Labute approximate surface area is 141 Å². The summed E-state index contributed by atoms with van der Waals surface area (Å²) in [6.07, 6.45) is 6.13. The van der Waals surface area contributed by atoms with Gasteiger partial charge >= 0.3 is 0 Å². The molecule has 1 N–H and O–H groups in total. The van der Waals surface area contributed by atoms with Crippen LogP contribution in [-0.4, -0.2) is 35.7 Å². The summed E-state index contributed by atoms with van der Waals surface area (Å²) < 4.78 is 0. The van der Waals surface area contributed by atoms with Crippen LogP contribution >= 0.6 is 0 Å². The molecule has 5 heteroatoms. The number of carbonyl (C=O) groups excluding carboxylic acids is 3. The molecule has 0 unspecified atom stereocenters. The number of imide groups is 1. The highest BCUT2D eigenvalue weighted by atomic mass is 16.2. The topological polar surface area (TPSA) is 66.5 Å². The summed E-state index contributed by atoms with van der Waals surface area (Å²) in [6.45, 7) is 0.738. The fraction of sp³-hybridized carbons (Fsp3) is 0.421. The summed E-state index contributed by atoms with van der Waals surface area (Å²) in [5.74, 6) is -0.801. The molecule has 24 heavy (non-hydrogen) atoms. The quantitative estimate of drug-likeness (QED) is 0.639. The predicted octanol–water partition coefficient (Wildman–Crippen LogP) is 1.69. The molecule has 3 amide bonds. The Morgan fingerprint density at radius 3 is 2.29 bits per heavy atom. The Morgan fingerprint density at radius 2 is 1.67 bits per heavy atom. The third kappa shape index (κ3) is 3.55. The smallest absolute Gasteiger partial charge is 0.233 e. The van der Waals surface area contributed by atoms with Crippen LogP contribution < -0.4 is 5.32 Å². The Hall–Kier alpha value is -2.43. The minimum Gasteiger partial charge on any atom is -0.356 e. The highest BCUT2D eigenvalue weighted by Crippen LogP contribution is 2.34. The van der Waals surface area contributed by atoms with Crippen LogP contribution in [0, 0.1) is 11.8 Å². The van der Waals surface area contributed by atoms with Crippen molar-refractivity contribution >= 4 is 17.7 Å². The maximum Gasteiger partial charge on any atom is 0.233 e. The van der Waals surface area contributed by atoms with Crippen molar-refractivity contribution in [3.8, 4) is 0 Å². The average Bonchev–Trinajstić information content (AvgIpc) is 2.85. The first-order valence-electron chi connectivity index (χ1n) is 8.47. The molecule has 126 valence electrons. The van der Waals surface area contributed by atoms with Crippen LogP contribution in [0.5, 0.6) is 0 Å². The van der Waals surface area contributed by atoms with Gasteiger partial charge in [-0.3, -0.25) is 19.3 Å². The first-order chi connectivity index (χ1) is 11.7. The van der Waals surface area contributed by atoms with E-state index in [0.717, 1.165) is 6.42 Å². The van der Waals surface area contributed by atoms with Gasteiger partial charge in [0.25, 0.3) is 0 Å². The highest BCUT2D eigenvalue weighted by Gasteiger charge is 2.46. The second-order valence-electron chi connectivity index (χ2n) is 6.32. The molecule has 0 spiro atoms. The number of benzene rings is 1. The maximum atomic E-state index is 12.3. The van der Waals surface area contributed by atoms with Crippen LogP contribution in [0.4, 0.5) is 0 Å². The van der Waals surface area contributed by atoms with E-state index in [1.807, 2.05) is 42.5 Å². The number of hydrogen-bond donors (Lipinski definition) is 1. The van der Waals surface area contributed by atoms with Crippen molar-refractivity contribution in [2.75, 3.05) is 13.1 Å². The molecule has 2 aliphatic rings. The van der Waals surface area contributed by atoms with Gasteiger partial charge in [-0.2, -0.15) is 0 Å². The van der Waals surface area contributed by atoms with E-state index < -0.39 is 0 Å². The molecule has 0 aromatic heterocycles. The first kappa shape index (κ1) is 16.4. The molecule has 3 rings (SSSR count). The van der Waals surface area contributed by atoms with E-state index in [4.69, 9.17) is 0 Å². The molecule has 5 nitrogen and oxygen atoms in total. The number of rotatable bonds is 6. The summed E-state index contributed by atoms with van der Waals surface area (Å²) in [4.78, 5) is 37.8. The van der Waals surface area contributed by atoms with Gasteiger partial charge in [0.1, 0.15) is 0 Å². The molecule has 1 aliphatic heterocycles. The lowest BCUT2D eigenvalue weighted by Gasteiger charge is -2.14. The Kier molecular flexibility index (Phi) is 5.08. The summed E-state index contributed by atoms with van der Waals surface area (Å²) in [5, 5.41) is 2.85. The van der Waals surface area contributed by atoms with Crippen molar-refractivity contribution in [1.82, 2.24) is 10.2 Å². The van der Waals surface area contributed by atoms with Crippen molar-refractivity contribution in [2.45, 2.75) is 25.7 Å². The van der Waals surface area contributed by atoms with E-state index in [0.29, 0.717) is 19.4 Å². The summed E-state index contributed by atoms with van der Waals surface area (Å²) in [6, 6.07) is 9.93. The van der Waals surface area contributed by atoms with Crippen LogP contribution in [0.1, 0.15) is 24.8 Å². The molecule has 1 aliphatic carbocycles. The standard InChI is InChI=1S/C19H22N2O3/c22-17(20-12-10-14-6-2-1-3-7-14)11-13-21-18(23)15-8-4-5-9-16(15)19(21)24/h1-7,15-16H,8-13H2,(H,20,22)/t15-,16-/m0/s1. The number of nitrogens with one attached hydrogen (secondary N) is 1. The molecular formula is C19H22N2O3. The van der Waals surface area contributed by atoms with Crippen molar-refractivity contribution in [3.05, 3.63) is 48.0 Å². The van der Waals surface area contributed by atoms with E-state index in [2.05, 4.69) is 5.32 Å². The van der Waals surface area contributed by atoms with Gasteiger partial charge in [-0.15, -0.1) is 0 Å². The normalized spacial score (nSPS) is 22.6. The predicted molar refractivity (Wildman–Crippen MR) is 89.8 cm³/mol. The lowest BCUT2D eigenvalue weighted by atomic mass is 9.85. The zero-order valence-electron chi connectivity index (χ0n) is 13.6. The fourth-order valence-corrected chi connectivity index (χ4v) is 3.38. The number of hydrogen-bond acceptors (Lipinski definition) is 3. The first-order valence-corrected chi connectivity index (χ1v) is 8.47. The van der Waals surface area contributed by atoms with Gasteiger partial charge in [-0.25, -0.2) is 0 Å². The van der Waals surface area contributed by atoms with Crippen LogP contribution in [0.3, 0.4) is 0 Å². The van der Waals surface area contributed by atoms with Gasteiger partial charge < -0.3 is 5.32 Å². The molecule has 0 radical (unpaired) electrons. The minimum absolute atomic E-state index is 0.119. The molecular weight excluding hydrogens is 304 g/mol. The maximum absolute atomic E-state index is 12.3. The monoisotopic (exact) mass is 326 g/mol. The number of likely N-dealkylation sites (tertiary alicyclic amines) is 1. The highest BCUT2D eigenvalue weighted by molar-refractivity contribution is 6.05. The largest absolute Gasteiger partial charge is 0.356 e. The molecule has 2 atom stereocenters. The van der Waals surface area contributed by atoms with Crippen LogP contribution in [-0.2, 0) is 20.8 Å². The zero-order chi connectivity index (χ0) is 16.9. The minimum atomic E-state index is -0.219. The van der Waals surface area contributed by atoms with Gasteiger partial charge in [-0.05, 0) is 24.8 Å². The lowest BCUT2D eigenvalue weighted by Crippen LogP contribution is -2.35. The molecule has 1 fully saturated rings. The molecule has 1 aromatic rings. The zero-order valence-corrected chi connectivity index (χ0v) is 13.6. The van der Waals surface area contributed by atoms with Crippen molar-refractivity contribution < 1.29 is 14.4 Å². The number of allylic oxidation sites excluding steroid dienone is 2. The van der Waals surface area contributed by atoms with Crippen LogP contribution in [0.2, 0.25) is 0 Å². The summed E-state index contributed by atoms with van der Waals surface area (Å²) in [7, 11) is 0. The second-order valence-corrected chi connectivity index (χ2v) is 6.32. The van der Waals surface area contributed by atoms with Gasteiger partial charge in [0, 0.05) is 19.5 Å². The second kappa shape index (κ2) is 7.43. The van der Waals surface area contributed by atoms with Crippen LogP contribution in [0.15, 0.2) is 42.5 Å². The van der Waals surface area contributed by atoms with E-state index >= 15 is 0 Å². The van der Waals surface area contributed by atoms with Gasteiger partial charge in [-0.1, -0.05) is 42.5 Å². The number of nitrogens with zero attached hydrogens (tertiary/aromatic N) is 1. The van der Waals surface area contributed by atoms with Gasteiger partial charge in [0.15, 0.2) is 0 Å². The third-order valence-electron chi connectivity index (χ3n) is 4.74. The SMILES string of the molecule is O=C(CCN1C(=O)[C@H]2CC=CC[C@@H]2C1=O)NCCc1ccccc1. The molecule has 1 aromatic carbocycles. The van der Waals surface area contributed by atoms with E-state index in [-0.39, 0.29) is 42.5 Å². The molecule has 0 bridgehead atoms. The Morgan fingerprint density at radius 1 is 1.04 bits per heavy atom. The van der Waals surface area contributed by atoms with E-state index in [1.54, 1.807) is 0 Å². The molecule has 1 heterocycles. The average molecular weight is 326 g/mol. The lowest BCUT2D eigenvalue weighted by molar-refractivity contribution is -0.140. The van der Waals surface area contributed by atoms with Gasteiger partial charge in [0.05, 0.1) is 11.8 Å². The third-order valence-corrected chi connectivity index (χ3v) is 4.74. The Balaban J connectivity index is 1.43. The fourth-order valence-electron chi connectivity index (χ4n) is 3.38. The van der Waals surface area contributed by atoms with Crippen LogP contribution in [0.25, 0.3) is 0 Å². The Bertz CT molecular complexity index is 628. The van der Waals surface area contributed by atoms with E-state index in [9.17, 15) is 14.4 Å². The number of carbonyl (C=O) groups is 3. The molecule has 0 saturated carbocycles. The van der Waals surface area contributed by atoms with Crippen molar-refractivity contribution in [3.63, 3.8) is 0 Å². The molecule has 1 saturated heterocycles. The van der Waals surface area contributed by atoms with E-state index in [1.165, 1.54) is 10.5 Å². The van der Waals surface area contributed by atoms with Gasteiger partial charge in [0.2, 0.25) is 17.7 Å².